The lowest BCUT2D eigenvalue weighted by molar-refractivity contribution is -0.133. The van der Waals surface area contributed by atoms with Gasteiger partial charge in [-0.1, -0.05) is 41.5 Å². The first-order valence-corrected chi connectivity index (χ1v) is 19.8. The van der Waals surface area contributed by atoms with Gasteiger partial charge in [-0.05, 0) is 56.4 Å². The van der Waals surface area contributed by atoms with Crippen LogP contribution in [0.5, 0.6) is 0 Å². The highest BCUT2D eigenvalue weighted by Gasteiger charge is 2.27. The first kappa shape index (κ1) is 54.1. The molecule has 0 aromatic heterocycles. The molecule has 340 valence electrons. The average Bonchev–Trinajstić information content (AvgIpc) is 3.16. The standard InChI is InChI=1S/C37H66N12O11/c1-20(2)12-25(47-29(53)16-41-28(52)15-45-37(60)33(22(5)6)49-32(56)17-42-27(51)14-40-23(7)50)35(58)44-19-31(55)48-26(13-21(3)4)36(59)43-18-30(54)46-24(34(39)57)10-8-9-11-38/h20-22,24-26,33H,8-19,38H2,1-7H3,(H2,39,57)(H,40,50)(H,41,52)(H,42,51)(H,43,59)(H,44,58)(H,45,60)(H,46,54)(H,47,53)(H,48,55)(H,49,56)/t24-,25-,26-,33-/m0/s1. The van der Waals surface area contributed by atoms with E-state index in [1.54, 1.807) is 27.7 Å². The molecule has 0 aromatic carbocycles. The molecule has 0 saturated carbocycles. The Morgan fingerprint density at radius 1 is 0.450 bits per heavy atom. The number of nitrogens with one attached hydrogen (secondary N) is 10. The Morgan fingerprint density at radius 2 is 0.817 bits per heavy atom. The molecule has 23 nitrogen and oxygen atoms in total. The number of hydrogen-bond donors (Lipinski definition) is 12. The van der Waals surface area contributed by atoms with E-state index in [1.165, 1.54) is 6.92 Å². The van der Waals surface area contributed by atoms with Crippen molar-refractivity contribution in [1.29, 1.82) is 0 Å². The van der Waals surface area contributed by atoms with E-state index in [2.05, 4.69) is 53.2 Å². The number of hydrogen-bond acceptors (Lipinski definition) is 12. The smallest absolute Gasteiger partial charge is 0.243 e. The Bertz CT molecular complexity index is 1510. The zero-order valence-corrected chi connectivity index (χ0v) is 35.7. The second-order valence-corrected chi connectivity index (χ2v) is 15.2. The second kappa shape index (κ2) is 29.4. The molecule has 0 aliphatic rings. The van der Waals surface area contributed by atoms with Crippen LogP contribution in [0.15, 0.2) is 0 Å². The third-order valence-corrected chi connectivity index (χ3v) is 8.27. The Kier molecular flexibility index (Phi) is 26.5. The van der Waals surface area contributed by atoms with Gasteiger partial charge in [-0.3, -0.25) is 52.7 Å². The number of carbonyl (C=O) groups is 11. The summed E-state index contributed by atoms with van der Waals surface area (Å²) in [6, 6.07) is -4.20. The highest BCUT2D eigenvalue weighted by molar-refractivity contribution is 5.96. The lowest BCUT2D eigenvalue weighted by Gasteiger charge is -2.22. The average molecular weight is 855 g/mol. The van der Waals surface area contributed by atoms with Crippen LogP contribution in [0.2, 0.25) is 0 Å². The highest BCUT2D eigenvalue weighted by atomic mass is 16.2. The van der Waals surface area contributed by atoms with Crippen molar-refractivity contribution in [2.24, 2.45) is 29.2 Å². The molecular formula is C37H66N12O11. The van der Waals surface area contributed by atoms with Crippen molar-refractivity contribution in [2.45, 2.75) is 105 Å². The van der Waals surface area contributed by atoms with Crippen LogP contribution in [0.4, 0.5) is 0 Å². The fourth-order valence-corrected chi connectivity index (χ4v) is 5.23. The minimum Gasteiger partial charge on any atom is -0.368 e. The molecule has 0 rings (SSSR count). The number of rotatable bonds is 29. The minimum absolute atomic E-state index is 0.0607. The van der Waals surface area contributed by atoms with Crippen molar-refractivity contribution in [3.63, 3.8) is 0 Å². The molecule has 0 radical (unpaired) electrons. The molecule has 0 aliphatic carbocycles. The van der Waals surface area contributed by atoms with E-state index < -0.39 is 128 Å². The maximum Gasteiger partial charge on any atom is 0.243 e. The predicted octanol–water partition coefficient (Wildman–Crippen LogP) is -4.99. The van der Waals surface area contributed by atoms with Gasteiger partial charge in [0.15, 0.2) is 0 Å². The Balaban J connectivity index is 5.09. The predicted molar refractivity (Wildman–Crippen MR) is 217 cm³/mol. The van der Waals surface area contributed by atoms with Crippen LogP contribution in [0.3, 0.4) is 0 Å². The van der Waals surface area contributed by atoms with Crippen molar-refractivity contribution in [2.75, 3.05) is 45.8 Å². The molecule has 0 fully saturated rings. The molecule has 23 heteroatoms. The Hall–Kier alpha value is -5.87. The molecular weight excluding hydrogens is 788 g/mol. The fraction of sp³-hybridized carbons (Fsp3) is 0.703. The van der Waals surface area contributed by atoms with Gasteiger partial charge in [-0.2, -0.15) is 0 Å². The first-order valence-electron chi connectivity index (χ1n) is 19.8. The molecule has 60 heavy (non-hydrogen) atoms. The summed E-state index contributed by atoms with van der Waals surface area (Å²) >= 11 is 0. The van der Waals surface area contributed by atoms with E-state index in [0.29, 0.717) is 19.4 Å². The van der Waals surface area contributed by atoms with Gasteiger partial charge in [0.25, 0.3) is 0 Å². The Morgan fingerprint density at radius 3 is 1.20 bits per heavy atom. The van der Waals surface area contributed by atoms with E-state index in [1.807, 2.05) is 13.8 Å². The van der Waals surface area contributed by atoms with Crippen molar-refractivity contribution in [3.05, 3.63) is 0 Å². The monoisotopic (exact) mass is 854 g/mol. The number of nitrogens with two attached hydrogens (primary N) is 2. The van der Waals surface area contributed by atoms with Crippen molar-refractivity contribution in [1.82, 2.24) is 53.2 Å². The summed E-state index contributed by atoms with van der Waals surface area (Å²) in [6.45, 7) is 9.18. The van der Waals surface area contributed by atoms with Crippen LogP contribution >= 0.6 is 0 Å². The number of amides is 11. The fourth-order valence-electron chi connectivity index (χ4n) is 5.23. The molecule has 0 bridgehead atoms. The van der Waals surface area contributed by atoms with Crippen LogP contribution in [0, 0.1) is 17.8 Å². The molecule has 0 heterocycles. The highest BCUT2D eigenvalue weighted by Crippen LogP contribution is 2.07. The maximum atomic E-state index is 13.1. The number of primary amides is 1. The van der Waals surface area contributed by atoms with Crippen LogP contribution in [-0.4, -0.2) is 135 Å². The summed E-state index contributed by atoms with van der Waals surface area (Å²) in [7, 11) is 0. The van der Waals surface area contributed by atoms with Gasteiger partial charge in [0.1, 0.15) is 24.2 Å². The van der Waals surface area contributed by atoms with E-state index in [0.717, 1.165) is 0 Å². The van der Waals surface area contributed by atoms with Crippen LogP contribution < -0.4 is 64.6 Å². The normalized spacial score (nSPS) is 12.8. The molecule has 0 saturated heterocycles. The van der Waals surface area contributed by atoms with E-state index in [4.69, 9.17) is 11.5 Å². The summed E-state index contributed by atoms with van der Waals surface area (Å²) in [6.07, 6.45) is 1.83. The molecule has 0 aliphatic heterocycles. The SMILES string of the molecule is CC(=O)NCC(=O)NCC(=O)N[C@H](C(=O)NCC(=O)NCC(=O)N[C@@H](CC(C)C)C(=O)NCC(=O)N[C@@H](CC(C)C)C(=O)NCC(=O)N[C@@H](CCCCN)C(N)=O)C(C)C. The third-order valence-electron chi connectivity index (χ3n) is 8.27. The van der Waals surface area contributed by atoms with Crippen LogP contribution in [0.1, 0.15) is 80.6 Å². The van der Waals surface area contributed by atoms with E-state index in [-0.39, 0.29) is 37.6 Å². The van der Waals surface area contributed by atoms with Gasteiger partial charge >= 0.3 is 0 Å². The topological polar surface area (TPSA) is 360 Å². The zero-order chi connectivity index (χ0) is 45.9. The van der Waals surface area contributed by atoms with Gasteiger partial charge in [-0.15, -0.1) is 0 Å². The third kappa shape index (κ3) is 25.5. The van der Waals surface area contributed by atoms with Crippen LogP contribution in [0.25, 0.3) is 0 Å². The minimum atomic E-state index is -1.11. The second-order valence-electron chi connectivity index (χ2n) is 15.2. The van der Waals surface area contributed by atoms with Gasteiger partial charge in [0.2, 0.25) is 65.0 Å². The van der Waals surface area contributed by atoms with E-state index in [9.17, 15) is 52.7 Å². The molecule has 11 amide bonds. The van der Waals surface area contributed by atoms with Gasteiger partial charge in [-0.25, -0.2) is 0 Å². The van der Waals surface area contributed by atoms with Crippen LogP contribution in [-0.2, 0) is 52.7 Å². The largest absolute Gasteiger partial charge is 0.368 e. The lowest BCUT2D eigenvalue weighted by Crippen LogP contribution is -2.55. The lowest BCUT2D eigenvalue weighted by atomic mass is 10.0. The number of carbonyl (C=O) groups excluding carboxylic acids is 11. The zero-order valence-electron chi connectivity index (χ0n) is 35.7. The summed E-state index contributed by atoms with van der Waals surface area (Å²) < 4.78 is 0. The summed E-state index contributed by atoms with van der Waals surface area (Å²) in [5.41, 5.74) is 10.8. The Labute approximate surface area is 350 Å². The molecule has 0 unspecified atom stereocenters. The molecule has 0 aromatic rings. The van der Waals surface area contributed by atoms with Crippen molar-refractivity contribution in [3.8, 4) is 0 Å². The summed E-state index contributed by atoms with van der Waals surface area (Å²) in [4.78, 5) is 136. The van der Waals surface area contributed by atoms with E-state index >= 15 is 0 Å². The first-order chi connectivity index (χ1) is 28.0. The molecule has 14 N–H and O–H groups in total. The van der Waals surface area contributed by atoms with Gasteiger partial charge < -0.3 is 64.6 Å². The quantitative estimate of drug-likeness (QED) is 0.0315. The molecule has 0 spiro atoms. The van der Waals surface area contributed by atoms with Crippen molar-refractivity contribution < 1.29 is 52.7 Å². The number of unbranched alkanes of at least 4 members (excludes halogenated alkanes) is 1. The molecule has 4 atom stereocenters. The summed E-state index contributed by atoms with van der Waals surface area (Å²) in [5, 5.41) is 24.1. The maximum absolute atomic E-state index is 13.1. The van der Waals surface area contributed by atoms with Crippen molar-refractivity contribution >= 4 is 65.0 Å². The van der Waals surface area contributed by atoms with Gasteiger partial charge in [0.05, 0.1) is 39.3 Å². The van der Waals surface area contributed by atoms with Gasteiger partial charge in [0, 0.05) is 6.92 Å². The summed E-state index contributed by atoms with van der Waals surface area (Å²) in [5.74, 6) is -8.01.